The molecule has 50 heavy (non-hydrogen) atoms. The molecule has 1 amide bonds. The van der Waals surface area contributed by atoms with Crippen LogP contribution in [0.15, 0.2) is 24.3 Å². The second kappa shape index (κ2) is 12.3. The third-order valence-electron chi connectivity index (χ3n) is 17.1. The Kier molecular flexibility index (Phi) is 8.97. The number of amides is 1. The van der Waals surface area contributed by atoms with Crippen LogP contribution in [0.2, 0.25) is 0 Å². The van der Waals surface area contributed by atoms with Gasteiger partial charge in [0.2, 0.25) is 5.91 Å². The zero-order chi connectivity index (χ0) is 36.1. The van der Waals surface area contributed by atoms with Gasteiger partial charge in [0.1, 0.15) is 0 Å². The molecule has 5 aliphatic carbocycles. The monoisotopic (exact) mass is 707 g/mol. The van der Waals surface area contributed by atoms with Gasteiger partial charge in [0.15, 0.2) is 9.84 Å². The van der Waals surface area contributed by atoms with Crippen LogP contribution >= 0.6 is 0 Å². The van der Waals surface area contributed by atoms with Crippen LogP contribution in [0, 0.1) is 57.2 Å². The second-order valence-electron chi connectivity index (χ2n) is 19.6. The number of sulfone groups is 1. The molecule has 0 radical (unpaired) electrons. The van der Waals surface area contributed by atoms with Crippen molar-refractivity contribution in [2.24, 2.45) is 57.2 Å². The van der Waals surface area contributed by atoms with Gasteiger partial charge in [-0.3, -0.25) is 9.69 Å². The van der Waals surface area contributed by atoms with Crippen LogP contribution in [0.3, 0.4) is 0 Å². The number of nitrogens with one attached hydrogen (secondary N) is 1. The summed E-state index contributed by atoms with van der Waals surface area (Å²) in [6.45, 7) is 19.0. The number of hydrogen-bond acceptors (Lipinski definition) is 6. The van der Waals surface area contributed by atoms with E-state index in [1.165, 1.54) is 44.1 Å². The first-order chi connectivity index (χ1) is 23.4. The highest BCUT2D eigenvalue weighted by molar-refractivity contribution is 7.91. The van der Waals surface area contributed by atoms with Crippen molar-refractivity contribution in [1.82, 2.24) is 10.2 Å². The van der Waals surface area contributed by atoms with E-state index in [9.17, 15) is 23.1 Å². The van der Waals surface area contributed by atoms with Crippen LogP contribution in [0.5, 0.6) is 0 Å². The molecule has 6 fully saturated rings. The number of hydrogen-bond donors (Lipinski definition) is 1. The minimum absolute atomic E-state index is 0.0866. The van der Waals surface area contributed by atoms with Crippen LogP contribution in [0.4, 0.5) is 0 Å². The van der Waals surface area contributed by atoms with Crippen LogP contribution in [-0.4, -0.2) is 61.9 Å². The molecule has 7 rings (SSSR count). The largest absolute Gasteiger partial charge is 0.545 e. The Balaban J connectivity index is 1.14. The lowest BCUT2D eigenvalue weighted by molar-refractivity contribution is -0.255. The van der Waals surface area contributed by atoms with Gasteiger partial charge >= 0.3 is 0 Å². The van der Waals surface area contributed by atoms with Crippen LogP contribution in [0.1, 0.15) is 135 Å². The highest BCUT2D eigenvalue weighted by Crippen LogP contribution is 2.77. The molecule has 5 saturated carbocycles. The number of carboxylic acid groups (broad SMARTS) is 1. The standard InChI is InChI=1S/C42H64N2O5S/c1-27(2)30-14-19-42(43-35(45)26-44-22-24-50(48,49)25-23-44)21-20-40(6)32(36(30)42)12-13-34-39(5)17-15-31(28-8-10-29(11-9-28)37(46)47)38(3,4)33(39)16-18-41(34,40)7/h8-11,27,30-34,36H,12-26H2,1-7H3,(H,43,45)(H,46,47)/p-1/t30-,31+,32+,33-,34+,36+,39-,40+,41+,42?/m0/s1. The molecule has 1 heterocycles. The van der Waals surface area contributed by atoms with Gasteiger partial charge in [0.25, 0.3) is 0 Å². The summed E-state index contributed by atoms with van der Waals surface area (Å²) in [7, 11) is -2.98. The Bertz CT molecular complexity index is 1590. The van der Waals surface area contributed by atoms with Gasteiger partial charge < -0.3 is 15.2 Å². The van der Waals surface area contributed by atoms with Crippen molar-refractivity contribution >= 4 is 21.7 Å². The smallest absolute Gasteiger partial charge is 0.234 e. The molecule has 0 spiro atoms. The predicted octanol–water partition coefficient (Wildman–Crippen LogP) is 6.47. The zero-order valence-corrected chi connectivity index (χ0v) is 32.7. The number of fused-ring (bicyclic) bond motifs is 7. The summed E-state index contributed by atoms with van der Waals surface area (Å²) in [4.78, 5) is 27.3. The highest BCUT2D eigenvalue weighted by Gasteiger charge is 2.71. The second-order valence-corrected chi connectivity index (χ2v) is 21.9. The van der Waals surface area contributed by atoms with Gasteiger partial charge in [0, 0.05) is 18.6 Å². The van der Waals surface area contributed by atoms with E-state index in [1.807, 2.05) is 17.0 Å². The first kappa shape index (κ1) is 36.4. The third kappa shape index (κ3) is 5.53. The molecule has 10 atom stereocenters. The maximum atomic E-state index is 13.8. The minimum Gasteiger partial charge on any atom is -0.545 e. The lowest BCUT2D eigenvalue weighted by atomic mass is 9.32. The van der Waals surface area contributed by atoms with Crippen LogP contribution in [0.25, 0.3) is 0 Å². The fraction of sp³-hybridized carbons (Fsp3) is 0.810. The lowest BCUT2D eigenvalue weighted by Gasteiger charge is -2.73. The summed E-state index contributed by atoms with van der Waals surface area (Å²) in [5.41, 5.74) is 2.17. The summed E-state index contributed by atoms with van der Waals surface area (Å²) in [6, 6.07) is 7.54. The van der Waals surface area contributed by atoms with Gasteiger partial charge in [-0.15, -0.1) is 0 Å². The highest BCUT2D eigenvalue weighted by atomic mass is 32.2. The topological polar surface area (TPSA) is 107 Å². The Morgan fingerprint density at radius 1 is 0.840 bits per heavy atom. The lowest BCUT2D eigenvalue weighted by Crippen LogP contribution is -2.69. The average molecular weight is 708 g/mol. The van der Waals surface area contributed by atoms with Crippen molar-refractivity contribution in [3.8, 4) is 0 Å². The SMILES string of the molecule is CC(C)[C@@H]1CCC2(NC(=O)CN3CCS(=O)(=O)CC3)CC[C@]3(C)[C@H](CC[C@@H]4[C@@]5(C)CC[C@H](c6ccc(C(=O)[O-])cc6)C(C)(C)[C@@H]5CC[C@]43C)[C@@H]12. The molecule has 0 bridgehead atoms. The Hall–Kier alpha value is -1.93. The first-order valence-electron chi connectivity index (χ1n) is 19.9. The van der Waals surface area contributed by atoms with Gasteiger partial charge in [0.05, 0.1) is 24.0 Å². The van der Waals surface area contributed by atoms with E-state index in [-0.39, 0.29) is 50.2 Å². The summed E-state index contributed by atoms with van der Waals surface area (Å²) in [6.07, 6.45) is 11.8. The number of rotatable bonds is 6. The third-order valence-corrected chi connectivity index (χ3v) is 18.7. The molecule has 0 aromatic heterocycles. The molecule has 1 aromatic rings. The van der Waals surface area contributed by atoms with E-state index in [0.717, 1.165) is 25.7 Å². The van der Waals surface area contributed by atoms with E-state index < -0.39 is 15.8 Å². The molecule has 1 saturated heterocycles. The van der Waals surface area contributed by atoms with Gasteiger partial charge in [-0.1, -0.05) is 72.7 Å². The maximum Gasteiger partial charge on any atom is 0.234 e. The Morgan fingerprint density at radius 2 is 1.52 bits per heavy atom. The Labute approximate surface area is 302 Å². The van der Waals surface area contributed by atoms with Crippen LogP contribution in [-0.2, 0) is 14.6 Å². The molecule has 1 aliphatic heterocycles. The quantitative estimate of drug-likeness (QED) is 0.364. The number of carbonyl (C=O) groups is 2. The number of carboxylic acids is 1. The zero-order valence-electron chi connectivity index (χ0n) is 31.9. The van der Waals surface area contributed by atoms with Gasteiger partial charge in [-0.05, 0) is 138 Å². The molecule has 6 aliphatic rings. The summed E-state index contributed by atoms with van der Waals surface area (Å²) in [5.74, 6) is 3.19. The maximum absolute atomic E-state index is 13.8. The molecule has 278 valence electrons. The average Bonchev–Trinajstić information content (AvgIpc) is 3.42. The number of nitrogens with zero attached hydrogens (tertiary/aromatic N) is 1. The van der Waals surface area contributed by atoms with E-state index in [2.05, 4.69) is 53.8 Å². The minimum atomic E-state index is -2.98. The fourth-order valence-corrected chi connectivity index (χ4v) is 15.8. The number of carbonyl (C=O) groups excluding carboxylic acids is 2. The van der Waals surface area contributed by atoms with E-state index in [0.29, 0.717) is 61.1 Å². The van der Waals surface area contributed by atoms with Crippen molar-refractivity contribution in [2.75, 3.05) is 31.1 Å². The van der Waals surface area contributed by atoms with Crippen molar-refractivity contribution in [3.63, 3.8) is 0 Å². The molecule has 7 nitrogen and oxygen atoms in total. The molecule has 1 N–H and O–H groups in total. The fourth-order valence-electron chi connectivity index (χ4n) is 14.5. The molecule has 1 unspecified atom stereocenters. The first-order valence-corrected chi connectivity index (χ1v) is 21.7. The molecular formula is C42H63N2O5S-. The predicted molar refractivity (Wildman–Crippen MR) is 196 cm³/mol. The Morgan fingerprint density at radius 3 is 2.16 bits per heavy atom. The van der Waals surface area contributed by atoms with Gasteiger partial charge in [-0.25, -0.2) is 8.42 Å². The summed E-state index contributed by atoms with van der Waals surface area (Å²) >= 11 is 0. The normalized spacial score (nSPS) is 43.6. The van der Waals surface area contributed by atoms with Crippen molar-refractivity contribution in [3.05, 3.63) is 35.4 Å². The van der Waals surface area contributed by atoms with E-state index in [1.54, 1.807) is 12.1 Å². The number of benzene rings is 1. The molecule has 1 aromatic carbocycles. The summed E-state index contributed by atoms with van der Waals surface area (Å²) in [5, 5.41) is 15.2. The van der Waals surface area contributed by atoms with Crippen LogP contribution < -0.4 is 10.4 Å². The number of aromatic carboxylic acids is 1. The van der Waals surface area contributed by atoms with Crippen molar-refractivity contribution in [2.45, 2.75) is 124 Å². The van der Waals surface area contributed by atoms with Crippen molar-refractivity contribution in [1.29, 1.82) is 0 Å². The van der Waals surface area contributed by atoms with Crippen molar-refractivity contribution < 1.29 is 23.1 Å². The summed E-state index contributed by atoms with van der Waals surface area (Å²) < 4.78 is 24.0. The van der Waals surface area contributed by atoms with E-state index >= 15 is 0 Å². The van der Waals surface area contributed by atoms with Gasteiger partial charge in [-0.2, -0.15) is 0 Å². The van der Waals surface area contributed by atoms with E-state index in [4.69, 9.17) is 0 Å². The molecule has 8 heteroatoms. The molecular weight excluding hydrogens is 645 g/mol.